The van der Waals surface area contributed by atoms with Gasteiger partial charge in [0.2, 0.25) is 0 Å². The molecule has 12 rings (SSSR count). The van der Waals surface area contributed by atoms with Crippen molar-refractivity contribution >= 4 is 17.1 Å². The molecule has 9 aromatic rings. The van der Waals surface area contributed by atoms with Crippen LogP contribution in [-0.4, -0.2) is 0 Å². The van der Waals surface area contributed by atoms with Gasteiger partial charge >= 0.3 is 0 Å². The van der Waals surface area contributed by atoms with Gasteiger partial charge in [-0.3, -0.25) is 0 Å². The van der Waals surface area contributed by atoms with Crippen molar-refractivity contribution in [1.82, 2.24) is 0 Å². The van der Waals surface area contributed by atoms with E-state index >= 15 is 0 Å². The van der Waals surface area contributed by atoms with Crippen LogP contribution in [0.1, 0.15) is 49.9 Å². The van der Waals surface area contributed by atoms with E-state index in [1.165, 1.54) is 66.8 Å². The van der Waals surface area contributed by atoms with E-state index in [-0.39, 0.29) is 10.8 Å². The largest absolute Gasteiger partial charge is 0.453 e. The van der Waals surface area contributed by atoms with E-state index in [1.807, 2.05) is 0 Å². The Balaban J connectivity index is 1.14. The van der Waals surface area contributed by atoms with E-state index in [4.69, 9.17) is 4.74 Å². The van der Waals surface area contributed by atoms with Crippen LogP contribution in [-0.2, 0) is 10.8 Å². The van der Waals surface area contributed by atoms with Crippen LogP contribution in [0.2, 0.25) is 0 Å². The van der Waals surface area contributed by atoms with Crippen molar-refractivity contribution in [1.29, 1.82) is 0 Å². The normalized spacial score (nSPS) is 14.5. The molecule has 0 unspecified atom stereocenters. The van der Waals surface area contributed by atoms with Crippen molar-refractivity contribution in [2.24, 2.45) is 0 Å². The fourth-order valence-corrected chi connectivity index (χ4v) is 10.6. The number of nitrogens with zero attached hydrogens (tertiary/aromatic N) is 1. The molecular weight excluding hydrogens is 751 g/mol. The fraction of sp³-hybridized carbons (Fsp3) is 0.100. The van der Waals surface area contributed by atoms with Gasteiger partial charge in [-0.1, -0.05) is 204 Å². The molecule has 3 aliphatic rings. The number of ether oxygens (including phenoxy) is 1. The van der Waals surface area contributed by atoms with Crippen molar-refractivity contribution in [3.63, 3.8) is 0 Å². The van der Waals surface area contributed by atoms with Crippen molar-refractivity contribution in [2.75, 3.05) is 4.90 Å². The molecule has 0 saturated heterocycles. The highest BCUT2D eigenvalue weighted by Gasteiger charge is 2.42. The Bertz CT molecular complexity index is 3020. The van der Waals surface area contributed by atoms with Gasteiger partial charge in [0.1, 0.15) is 0 Å². The molecule has 2 nitrogen and oxygen atoms in total. The van der Waals surface area contributed by atoms with Gasteiger partial charge in [0.15, 0.2) is 11.5 Å². The van der Waals surface area contributed by atoms with E-state index in [2.05, 4.69) is 233 Å². The summed E-state index contributed by atoms with van der Waals surface area (Å²) in [6, 6.07) is 73.6. The Labute approximate surface area is 364 Å². The number of benzene rings is 9. The number of para-hydroxylation sites is 1. The summed E-state index contributed by atoms with van der Waals surface area (Å²) < 4.78 is 7.24. The lowest BCUT2D eigenvalue weighted by atomic mass is 9.82. The van der Waals surface area contributed by atoms with Crippen molar-refractivity contribution in [3.05, 3.63) is 222 Å². The number of anilines is 3. The van der Waals surface area contributed by atoms with E-state index in [1.54, 1.807) is 0 Å². The molecule has 0 N–H and O–H groups in total. The Morgan fingerprint density at radius 2 is 0.661 bits per heavy atom. The molecule has 0 spiro atoms. The topological polar surface area (TPSA) is 12.5 Å². The van der Waals surface area contributed by atoms with Gasteiger partial charge in [0, 0.05) is 22.0 Å². The van der Waals surface area contributed by atoms with Crippen LogP contribution in [0.4, 0.5) is 17.1 Å². The Morgan fingerprint density at radius 3 is 1.10 bits per heavy atom. The average Bonchev–Trinajstić information content (AvgIpc) is 3.68. The van der Waals surface area contributed by atoms with Gasteiger partial charge in [-0.2, -0.15) is 0 Å². The van der Waals surface area contributed by atoms with E-state index < -0.39 is 0 Å². The Morgan fingerprint density at radius 1 is 0.306 bits per heavy atom. The van der Waals surface area contributed by atoms with Gasteiger partial charge < -0.3 is 9.64 Å². The third-order valence-electron chi connectivity index (χ3n) is 13.9. The highest BCUT2D eigenvalue weighted by Crippen LogP contribution is 2.62. The van der Waals surface area contributed by atoms with Crippen LogP contribution in [0.25, 0.3) is 66.8 Å². The molecule has 2 aliphatic carbocycles. The second kappa shape index (κ2) is 13.5. The molecule has 2 heteroatoms. The SMILES string of the molecule is CC1(C)c2ccccc2-c2cc3c(cc21)Oc1cc2c(cc1N3c1c(-c3ccc(-c4ccccc4)cc3)cccc1-c1ccc(-c3ccccc3)cc1)-c1ccccc1C2(C)C. The minimum absolute atomic E-state index is 0.180. The van der Waals surface area contributed by atoms with Crippen LogP contribution >= 0.6 is 0 Å². The van der Waals surface area contributed by atoms with Crippen LogP contribution in [0.3, 0.4) is 0 Å². The van der Waals surface area contributed by atoms with Gasteiger partial charge in [-0.25, -0.2) is 0 Å². The second-order valence-corrected chi connectivity index (χ2v) is 18.1. The van der Waals surface area contributed by atoms with Crippen LogP contribution in [0.15, 0.2) is 200 Å². The first-order valence-electron chi connectivity index (χ1n) is 21.8. The van der Waals surface area contributed by atoms with Gasteiger partial charge in [-0.15, -0.1) is 0 Å². The van der Waals surface area contributed by atoms with Crippen LogP contribution in [0.5, 0.6) is 11.5 Å². The summed E-state index contributed by atoms with van der Waals surface area (Å²) in [7, 11) is 0. The van der Waals surface area contributed by atoms with E-state index in [0.29, 0.717) is 0 Å². The number of rotatable bonds is 5. The van der Waals surface area contributed by atoms with Gasteiger partial charge in [0.25, 0.3) is 0 Å². The summed E-state index contributed by atoms with van der Waals surface area (Å²) in [6.45, 7) is 9.38. The molecule has 9 aromatic carbocycles. The molecule has 0 saturated carbocycles. The number of hydrogen-bond donors (Lipinski definition) is 0. The second-order valence-electron chi connectivity index (χ2n) is 18.1. The third-order valence-corrected chi connectivity index (χ3v) is 13.9. The maximum atomic E-state index is 7.24. The maximum Gasteiger partial charge on any atom is 0.151 e. The number of fused-ring (bicyclic) bond motifs is 8. The highest BCUT2D eigenvalue weighted by molar-refractivity contribution is 6.03. The smallest absolute Gasteiger partial charge is 0.151 e. The summed E-state index contributed by atoms with van der Waals surface area (Å²) >= 11 is 0. The number of hydrogen-bond acceptors (Lipinski definition) is 2. The third kappa shape index (κ3) is 5.43. The molecule has 0 aromatic heterocycles. The zero-order valence-electron chi connectivity index (χ0n) is 35.4. The lowest BCUT2D eigenvalue weighted by Crippen LogP contribution is -2.20. The summed E-state index contributed by atoms with van der Waals surface area (Å²) in [5, 5.41) is 0. The monoisotopic (exact) mass is 795 g/mol. The molecule has 1 aliphatic heterocycles. The maximum absolute atomic E-state index is 7.24. The zero-order chi connectivity index (χ0) is 41.7. The van der Waals surface area contributed by atoms with Gasteiger partial charge in [0.05, 0.1) is 17.1 Å². The van der Waals surface area contributed by atoms with E-state index in [0.717, 1.165) is 50.8 Å². The molecule has 0 atom stereocenters. The van der Waals surface area contributed by atoms with Crippen LogP contribution < -0.4 is 9.64 Å². The first kappa shape index (κ1) is 36.4. The molecule has 0 bridgehead atoms. The Kier molecular flexibility index (Phi) is 7.96. The molecule has 62 heavy (non-hydrogen) atoms. The predicted octanol–water partition coefficient (Wildman–Crippen LogP) is 16.5. The minimum Gasteiger partial charge on any atom is -0.453 e. The molecular formula is C60H45NO. The quantitative estimate of drug-likeness (QED) is 0.172. The standard InChI is InChI=1S/C60H45NO/c1-59(2)50-24-13-11-20-46(50)48-34-54-56(36-52(48)59)62-57-37-53-49(47-21-12-14-25-51(47)60(53,3)4)35-55(57)61(54)58-44(42-30-26-40(27-31-42)38-16-7-5-8-17-38)22-15-23-45(58)43-32-28-41(29-33-43)39-18-9-6-10-19-39/h5-37H,1-4H3. The average molecular weight is 796 g/mol. The fourth-order valence-electron chi connectivity index (χ4n) is 10.6. The Hall–Kier alpha value is -7.42. The first-order valence-corrected chi connectivity index (χ1v) is 21.8. The molecule has 296 valence electrons. The van der Waals surface area contributed by atoms with Crippen LogP contribution in [0, 0.1) is 0 Å². The van der Waals surface area contributed by atoms with Crippen molar-refractivity contribution in [3.8, 4) is 78.3 Å². The summed E-state index contributed by atoms with van der Waals surface area (Å²) in [6.07, 6.45) is 0. The lowest BCUT2D eigenvalue weighted by Gasteiger charge is -2.37. The van der Waals surface area contributed by atoms with E-state index in [9.17, 15) is 0 Å². The lowest BCUT2D eigenvalue weighted by molar-refractivity contribution is 0.473. The molecule has 0 radical (unpaired) electrons. The minimum atomic E-state index is -0.180. The molecule has 0 amide bonds. The summed E-state index contributed by atoms with van der Waals surface area (Å²) in [5.74, 6) is 1.73. The highest BCUT2D eigenvalue weighted by atomic mass is 16.5. The summed E-state index contributed by atoms with van der Waals surface area (Å²) in [4.78, 5) is 2.53. The van der Waals surface area contributed by atoms with Crippen molar-refractivity contribution < 1.29 is 4.74 Å². The zero-order valence-corrected chi connectivity index (χ0v) is 35.4. The summed E-state index contributed by atoms with van der Waals surface area (Å²) in [5.41, 5.74) is 22.6. The van der Waals surface area contributed by atoms with Gasteiger partial charge in [-0.05, 0) is 102 Å². The van der Waals surface area contributed by atoms with Crippen molar-refractivity contribution in [2.45, 2.75) is 38.5 Å². The predicted molar refractivity (Wildman–Crippen MR) is 258 cm³/mol. The molecule has 1 heterocycles. The molecule has 0 fully saturated rings. The first-order chi connectivity index (χ1) is 30.3.